The van der Waals surface area contributed by atoms with Crippen LogP contribution in [0.2, 0.25) is 0 Å². The second-order valence-electron chi connectivity index (χ2n) is 5.66. The summed E-state index contributed by atoms with van der Waals surface area (Å²) < 4.78 is 18.7. The Morgan fingerprint density at radius 2 is 1.95 bits per heavy atom. The van der Waals surface area contributed by atoms with Gasteiger partial charge in [0.1, 0.15) is 0 Å². The standard InChI is InChI=1S/C18H20FNO/c1-21-18-8-5-12(9-16(18)19)10-17(20)15-7-6-13-3-2-4-14(13)11-15/h5-9,11,17H,2-4,10,20H2,1H3. The van der Waals surface area contributed by atoms with Crippen molar-refractivity contribution < 1.29 is 9.13 Å². The van der Waals surface area contributed by atoms with E-state index >= 15 is 0 Å². The van der Waals surface area contributed by atoms with Crippen LogP contribution in [-0.2, 0) is 19.3 Å². The molecule has 0 fully saturated rings. The number of rotatable bonds is 4. The quantitative estimate of drug-likeness (QED) is 0.932. The van der Waals surface area contributed by atoms with E-state index in [2.05, 4.69) is 18.2 Å². The van der Waals surface area contributed by atoms with Crippen molar-refractivity contribution in [3.63, 3.8) is 0 Å². The fourth-order valence-corrected chi connectivity index (χ4v) is 3.03. The van der Waals surface area contributed by atoms with Crippen molar-refractivity contribution in [2.24, 2.45) is 5.73 Å². The van der Waals surface area contributed by atoms with Crippen molar-refractivity contribution in [3.8, 4) is 5.75 Å². The summed E-state index contributed by atoms with van der Waals surface area (Å²) in [6.45, 7) is 0. The summed E-state index contributed by atoms with van der Waals surface area (Å²) in [6.07, 6.45) is 4.18. The SMILES string of the molecule is COc1ccc(CC(N)c2ccc3c(c2)CCC3)cc1F. The van der Waals surface area contributed by atoms with E-state index in [1.807, 2.05) is 6.07 Å². The van der Waals surface area contributed by atoms with Crippen LogP contribution in [0.1, 0.15) is 34.7 Å². The minimum absolute atomic E-state index is 0.108. The molecule has 0 bridgehead atoms. The lowest BCUT2D eigenvalue weighted by molar-refractivity contribution is 0.386. The molecule has 1 aliphatic carbocycles. The summed E-state index contributed by atoms with van der Waals surface area (Å²) in [5, 5.41) is 0. The average molecular weight is 285 g/mol. The van der Waals surface area contributed by atoms with Crippen LogP contribution in [0, 0.1) is 5.82 Å². The van der Waals surface area contributed by atoms with Gasteiger partial charge in [-0.2, -0.15) is 0 Å². The predicted molar refractivity (Wildman–Crippen MR) is 82.1 cm³/mol. The number of halogens is 1. The first-order valence-electron chi connectivity index (χ1n) is 7.37. The summed E-state index contributed by atoms with van der Waals surface area (Å²) in [5.74, 6) is -0.0685. The Bertz CT molecular complexity index is 654. The number of ether oxygens (including phenoxy) is 1. The Morgan fingerprint density at radius 1 is 1.14 bits per heavy atom. The van der Waals surface area contributed by atoms with Crippen molar-refractivity contribution in [2.45, 2.75) is 31.7 Å². The molecule has 0 aromatic heterocycles. The molecule has 3 rings (SSSR count). The average Bonchev–Trinajstić information content (AvgIpc) is 2.94. The van der Waals surface area contributed by atoms with E-state index in [9.17, 15) is 4.39 Å². The molecule has 2 nitrogen and oxygen atoms in total. The summed E-state index contributed by atoms with van der Waals surface area (Å²) in [7, 11) is 1.47. The van der Waals surface area contributed by atoms with E-state index in [0.717, 1.165) is 17.5 Å². The summed E-state index contributed by atoms with van der Waals surface area (Å²) in [6, 6.07) is 11.4. The second-order valence-corrected chi connectivity index (χ2v) is 5.66. The molecule has 1 unspecified atom stereocenters. The first-order valence-corrected chi connectivity index (χ1v) is 7.37. The Morgan fingerprint density at radius 3 is 2.71 bits per heavy atom. The lowest BCUT2D eigenvalue weighted by atomic mass is 9.96. The van der Waals surface area contributed by atoms with E-state index in [1.54, 1.807) is 6.07 Å². The molecule has 21 heavy (non-hydrogen) atoms. The molecule has 0 spiro atoms. The number of benzene rings is 2. The number of hydrogen-bond acceptors (Lipinski definition) is 2. The summed E-state index contributed by atoms with van der Waals surface area (Å²) in [5.41, 5.74) is 11.2. The van der Waals surface area contributed by atoms with Crippen molar-refractivity contribution >= 4 is 0 Å². The molecule has 2 N–H and O–H groups in total. The molecule has 0 amide bonds. The van der Waals surface area contributed by atoms with Crippen LogP contribution in [0.25, 0.3) is 0 Å². The summed E-state index contributed by atoms with van der Waals surface area (Å²) >= 11 is 0. The van der Waals surface area contributed by atoms with Crippen LogP contribution in [0.3, 0.4) is 0 Å². The first kappa shape index (κ1) is 14.1. The van der Waals surface area contributed by atoms with Crippen LogP contribution in [-0.4, -0.2) is 7.11 Å². The third-order valence-electron chi connectivity index (χ3n) is 4.22. The van der Waals surface area contributed by atoms with Gasteiger partial charge in [-0.25, -0.2) is 4.39 Å². The highest BCUT2D eigenvalue weighted by Crippen LogP contribution is 2.27. The highest BCUT2D eigenvalue weighted by Gasteiger charge is 2.14. The lowest BCUT2D eigenvalue weighted by Gasteiger charge is -2.14. The maximum atomic E-state index is 13.7. The maximum Gasteiger partial charge on any atom is 0.165 e. The number of aryl methyl sites for hydroxylation is 2. The van der Waals surface area contributed by atoms with Crippen LogP contribution >= 0.6 is 0 Å². The van der Waals surface area contributed by atoms with Crippen molar-refractivity contribution in [1.82, 2.24) is 0 Å². The highest BCUT2D eigenvalue weighted by molar-refractivity contribution is 5.37. The molecule has 0 aliphatic heterocycles. The molecule has 110 valence electrons. The molecular weight excluding hydrogens is 265 g/mol. The van der Waals surface area contributed by atoms with E-state index < -0.39 is 0 Å². The first-order chi connectivity index (χ1) is 10.2. The zero-order valence-corrected chi connectivity index (χ0v) is 12.2. The predicted octanol–water partition coefficient (Wildman–Crippen LogP) is 3.57. The summed E-state index contributed by atoms with van der Waals surface area (Å²) in [4.78, 5) is 0. The monoisotopic (exact) mass is 285 g/mol. The van der Waals surface area contributed by atoms with Gasteiger partial charge in [0.05, 0.1) is 7.11 Å². The maximum absolute atomic E-state index is 13.7. The fraction of sp³-hybridized carbons (Fsp3) is 0.333. The molecule has 1 aliphatic rings. The van der Waals surface area contributed by atoms with Gasteiger partial charge in [0, 0.05) is 6.04 Å². The Balaban J connectivity index is 1.76. The molecular formula is C18H20FNO. The molecule has 3 heteroatoms. The van der Waals surface area contributed by atoms with Crippen LogP contribution < -0.4 is 10.5 Å². The zero-order chi connectivity index (χ0) is 14.8. The minimum Gasteiger partial charge on any atom is -0.494 e. The Kier molecular flexibility index (Phi) is 3.93. The van der Waals surface area contributed by atoms with Gasteiger partial charge in [0.25, 0.3) is 0 Å². The second kappa shape index (κ2) is 5.86. The van der Waals surface area contributed by atoms with Crippen molar-refractivity contribution in [1.29, 1.82) is 0 Å². The smallest absolute Gasteiger partial charge is 0.165 e. The Labute approximate surface area is 124 Å². The van der Waals surface area contributed by atoms with Crippen LogP contribution in [0.4, 0.5) is 4.39 Å². The molecule has 0 heterocycles. The number of fused-ring (bicyclic) bond motifs is 1. The highest BCUT2D eigenvalue weighted by atomic mass is 19.1. The van der Waals surface area contributed by atoms with Gasteiger partial charge in [-0.15, -0.1) is 0 Å². The molecule has 2 aromatic carbocycles. The Hall–Kier alpha value is -1.87. The topological polar surface area (TPSA) is 35.2 Å². The third-order valence-corrected chi connectivity index (χ3v) is 4.22. The van der Waals surface area contributed by atoms with Gasteiger partial charge < -0.3 is 10.5 Å². The third kappa shape index (κ3) is 2.93. The minimum atomic E-state index is -0.337. The number of nitrogens with two attached hydrogens (primary N) is 1. The largest absolute Gasteiger partial charge is 0.494 e. The van der Waals surface area contributed by atoms with E-state index in [-0.39, 0.29) is 17.6 Å². The van der Waals surface area contributed by atoms with Crippen molar-refractivity contribution in [3.05, 3.63) is 64.5 Å². The van der Waals surface area contributed by atoms with Crippen LogP contribution in [0.5, 0.6) is 5.75 Å². The van der Waals surface area contributed by atoms with E-state index in [4.69, 9.17) is 10.5 Å². The number of methoxy groups -OCH3 is 1. The molecule has 2 aromatic rings. The van der Waals surface area contributed by atoms with Crippen LogP contribution in [0.15, 0.2) is 36.4 Å². The van der Waals surface area contributed by atoms with Gasteiger partial charge in [-0.3, -0.25) is 0 Å². The molecule has 1 atom stereocenters. The van der Waals surface area contributed by atoms with E-state index in [1.165, 1.54) is 37.1 Å². The van der Waals surface area contributed by atoms with Gasteiger partial charge in [-0.05, 0) is 60.1 Å². The number of hydrogen-bond donors (Lipinski definition) is 1. The molecule has 0 saturated carbocycles. The lowest BCUT2D eigenvalue weighted by Crippen LogP contribution is -2.14. The van der Waals surface area contributed by atoms with Gasteiger partial charge in [0.15, 0.2) is 11.6 Å². The van der Waals surface area contributed by atoms with Crippen molar-refractivity contribution in [2.75, 3.05) is 7.11 Å². The zero-order valence-electron chi connectivity index (χ0n) is 12.2. The molecule has 0 radical (unpaired) electrons. The normalized spacial score (nSPS) is 14.8. The van der Waals surface area contributed by atoms with E-state index in [0.29, 0.717) is 6.42 Å². The molecule has 0 saturated heterocycles. The van der Waals surface area contributed by atoms with Gasteiger partial charge in [0.2, 0.25) is 0 Å². The fourth-order valence-electron chi connectivity index (χ4n) is 3.03. The van der Waals surface area contributed by atoms with Gasteiger partial charge >= 0.3 is 0 Å². The van der Waals surface area contributed by atoms with Gasteiger partial charge in [-0.1, -0.05) is 24.3 Å².